The van der Waals surface area contributed by atoms with Gasteiger partial charge in [-0.1, -0.05) is 146 Å². The van der Waals surface area contributed by atoms with E-state index in [1.165, 1.54) is 77.2 Å². The fourth-order valence-electron chi connectivity index (χ4n) is 10.5. The summed E-state index contributed by atoms with van der Waals surface area (Å²) < 4.78 is 2.66. The van der Waals surface area contributed by atoms with Gasteiger partial charge in [0, 0.05) is 67.1 Å². The average Bonchev–Trinajstić information content (AvgIpc) is 3.70. The van der Waals surface area contributed by atoms with Crippen LogP contribution in [0.25, 0.3) is 66.3 Å². The molecule has 0 bridgehead atoms. The average molecular weight is 814 g/mol. The van der Waals surface area contributed by atoms with Crippen LogP contribution in [0.5, 0.6) is 0 Å². The molecule has 0 fully saturated rings. The van der Waals surface area contributed by atoms with Gasteiger partial charge < -0.3 is 14.3 Å². The van der Waals surface area contributed by atoms with Crippen molar-refractivity contribution in [3.63, 3.8) is 0 Å². The number of nitrogens with zero attached hydrogens (tertiary/aromatic N) is 3. The highest BCUT2D eigenvalue weighted by Gasteiger charge is 2.39. The molecule has 1 aromatic heterocycles. The van der Waals surface area contributed by atoms with Crippen LogP contribution >= 0.6 is 0 Å². The molecule has 3 nitrogen and oxygen atoms in total. The Kier molecular flexibility index (Phi) is 8.32. The largest absolute Gasteiger partial charge is 0.375 e. The van der Waals surface area contributed by atoms with E-state index in [0.717, 1.165) is 34.1 Å². The zero-order valence-corrected chi connectivity index (χ0v) is 35.0. The molecule has 0 saturated heterocycles. The van der Waals surface area contributed by atoms with Crippen molar-refractivity contribution < 1.29 is 0 Å². The van der Waals surface area contributed by atoms with E-state index in [1.54, 1.807) is 0 Å². The summed E-state index contributed by atoms with van der Waals surface area (Å²) in [6.45, 7) is 0.0894. The molecular formula is C60H40BN3. The lowest BCUT2D eigenvalue weighted by molar-refractivity contribution is 1.28. The molecule has 2 aliphatic rings. The van der Waals surface area contributed by atoms with E-state index in [-0.39, 0.29) is 6.85 Å². The minimum absolute atomic E-state index is 0.0894. The SMILES string of the molecule is c1ccc(N(c2ccccc2)c2ccc(-c3cc4c5c(c3)c3cc(-c6ccc(N(c7ccccc7)c7ccccc7)cc6)cc6c3n5B(c3ccccc3-4)c3ccccc3-6)cc2)cc1. The predicted octanol–water partition coefficient (Wildman–Crippen LogP) is 14.7. The second kappa shape index (κ2) is 14.6. The number of hydrogen-bond donors (Lipinski definition) is 0. The molecule has 298 valence electrons. The molecule has 2 aliphatic heterocycles. The summed E-state index contributed by atoms with van der Waals surface area (Å²) in [5.74, 6) is 0. The molecule has 0 unspecified atom stereocenters. The molecule has 0 atom stereocenters. The van der Waals surface area contributed by atoms with Gasteiger partial charge in [-0.15, -0.1) is 0 Å². The van der Waals surface area contributed by atoms with Gasteiger partial charge in [0.05, 0.1) is 0 Å². The van der Waals surface area contributed by atoms with Crippen LogP contribution in [0.1, 0.15) is 0 Å². The molecule has 64 heavy (non-hydrogen) atoms. The van der Waals surface area contributed by atoms with E-state index in [2.05, 4.69) is 257 Å². The summed E-state index contributed by atoms with van der Waals surface area (Å²) in [4.78, 5) is 4.65. The minimum atomic E-state index is 0.0894. The Bertz CT molecular complexity index is 3220. The fourth-order valence-corrected chi connectivity index (χ4v) is 10.5. The lowest BCUT2D eigenvalue weighted by atomic mass is 9.45. The Morgan fingerprint density at radius 3 is 0.938 bits per heavy atom. The number of hydrogen-bond acceptors (Lipinski definition) is 2. The first-order valence-corrected chi connectivity index (χ1v) is 22.1. The molecule has 11 aromatic rings. The molecule has 0 aliphatic carbocycles. The summed E-state index contributed by atoms with van der Waals surface area (Å²) >= 11 is 0. The maximum atomic E-state index is 2.66. The molecule has 0 spiro atoms. The van der Waals surface area contributed by atoms with E-state index < -0.39 is 0 Å². The van der Waals surface area contributed by atoms with Crippen LogP contribution in [0, 0.1) is 0 Å². The van der Waals surface area contributed by atoms with Crippen molar-refractivity contribution in [2.45, 2.75) is 0 Å². The molecule has 0 N–H and O–H groups in total. The second-order valence-corrected chi connectivity index (χ2v) is 16.9. The molecule has 0 saturated carbocycles. The third-order valence-corrected chi connectivity index (χ3v) is 13.3. The topological polar surface area (TPSA) is 11.4 Å². The van der Waals surface area contributed by atoms with Gasteiger partial charge >= 0.3 is 6.85 Å². The first-order valence-electron chi connectivity index (χ1n) is 22.1. The minimum Gasteiger partial charge on any atom is -0.375 e. The maximum Gasteiger partial charge on any atom is 0.329 e. The van der Waals surface area contributed by atoms with Gasteiger partial charge in [0.25, 0.3) is 0 Å². The zero-order valence-electron chi connectivity index (χ0n) is 35.0. The second-order valence-electron chi connectivity index (χ2n) is 16.9. The Balaban J connectivity index is 0.997. The highest BCUT2D eigenvalue weighted by atomic mass is 15.1. The van der Waals surface area contributed by atoms with Crippen molar-refractivity contribution in [3.8, 4) is 44.5 Å². The standard InChI is InChI=1S/C60H40BN3/c1-5-17-45(18-6-1)62(46-19-7-2-8-20-46)49-33-29-41(30-34-49)43-37-53-51-25-13-15-27-57(51)61-58-28-16-14-26-52(58)54-38-44(40-56-55(39-43)59(53)64(61)60(54)56)42-31-35-50(36-32-42)63(47-21-9-3-10-22-47)48-23-11-4-12-24-48/h1-40H. The van der Waals surface area contributed by atoms with E-state index in [9.17, 15) is 0 Å². The number of fused-ring (bicyclic) bond motifs is 7. The van der Waals surface area contributed by atoms with Crippen LogP contribution in [0.3, 0.4) is 0 Å². The molecule has 10 aromatic carbocycles. The van der Waals surface area contributed by atoms with Crippen molar-refractivity contribution in [2.24, 2.45) is 0 Å². The summed E-state index contributed by atoms with van der Waals surface area (Å²) in [7, 11) is 0. The maximum absolute atomic E-state index is 2.66. The van der Waals surface area contributed by atoms with Gasteiger partial charge in [-0.25, -0.2) is 0 Å². The third kappa shape index (κ3) is 5.70. The van der Waals surface area contributed by atoms with Crippen LogP contribution in [0.2, 0.25) is 0 Å². The van der Waals surface area contributed by atoms with E-state index in [4.69, 9.17) is 0 Å². The van der Waals surface area contributed by atoms with Crippen molar-refractivity contribution in [1.29, 1.82) is 0 Å². The Labute approximate surface area is 373 Å². The number of para-hydroxylation sites is 4. The first-order chi connectivity index (χ1) is 31.8. The van der Waals surface area contributed by atoms with Crippen molar-refractivity contribution in [3.05, 3.63) is 243 Å². The van der Waals surface area contributed by atoms with E-state index in [1.807, 2.05) is 0 Å². The van der Waals surface area contributed by atoms with Crippen LogP contribution in [-0.2, 0) is 0 Å². The summed E-state index contributed by atoms with van der Waals surface area (Å²) in [5, 5.41) is 2.57. The van der Waals surface area contributed by atoms with Crippen molar-refractivity contribution in [2.75, 3.05) is 9.80 Å². The van der Waals surface area contributed by atoms with Crippen LogP contribution in [-0.4, -0.2) is 11.3 Å². The van der Waals surface area contributed by atoms with Gasteiger partial charge in [0.1, 0.15) is 0 Å². The Hall–Kier alpha value is -8.34. The smallest absolute Gasteiger partial charge is 0.329 e. The Morgan fingerprint density at radius 2 is 0.578 bits per heavy atom. The van der Waals surface area contributed by atoms with Crippen LogP contribution in [0.4, 0.5) is 34.1 Å². The van der Waals surface area contributed by atoms with Crippen molar-refractivity contribution in [1.82, 2.24) is 4.48 Å². The number of aromatic nitrogens is 1. The lowest BCUT2D eigenvalue weighted by Gasteiger charge is -2.32. The van der Waals surface area contributed by atoms with Gasteiger partial charge in [0.15, 0.2) is 0 Å². The number of anilines is 6. The van der Waals surface area contributed by atoms with E-state index >= 15 is 0 Å². The Morgan fingerprint density at radius 1 is 0.266 bits per heavy atom. The summed E-state index contributed by atoms with van der Waals surface area (Å²) in [5.41, 5.74) is 22.0. The zero-order chi connectivity index (χ0) is 42.1. The van der Waals surface area contributed by atoms with Gasteiger partial charge in [-0.2, -0.15) is 0 Å². The highest BCUT2D eigenvalue weighted by Crippen LogP contribution is 2.48. The normalized spacial score (nSPS) is 12.0. The molecule has 0 radical (unpaired) electrons. The molecule has 4 heteroatoms. The predicted molar refractivity (Wildman–Crippen MR) is 271 cm³/mol. The van der Waals surface area contributed by atoms with Crippen LogP contribution in [0.15, 0.2) is 243 Å². The van der Waals surface area contributed by atoms with Gasteiger partial charge in [-0.05, 0) is 141 Å². The molecule has 3 heterocycles. The van der Waals surface area contributed by atoms with Crippen molar-refractivity contribution >= 4 is 73.7 Å². The third-order valence-electron chi connectivity index (χ3n) is 13.3. The summed E-state index contributed by atoms with van der Waals surface area (Å²) in [6.07, 6.45) is 0. The first kappa shape index (κ1) is 36.3. The van der Waals surface area contributed by atoms with Gasteiger partial charge in [0.2, 0.25) is 0 Å². The molecular weight excluding hydrogens is 773 g/mol. The lowest BCUT2D eigenvalue weighted by Crippen LogP contribution is -2.53. The highest BCUT2D eigenvalue weighted by molar-refractivity contribution is 6.88. The fraction of sp³-hybridized carbons (Fsp3) is 0. The monoisotopic (exact) mass is 813 g/mol. The molecule has 0 amide bonds. The van der Waals surface area contributed by atoms with Crippen LogP contribution < -0.4 is 20.7 Å². The summed E-state index contributed by atoms with van der Waals surface area (Å²) in [6, 6.07) is 88.6. The quantitative estimate of drug-likeness (QED) is 0.142. The molecule has 13 rings (SSSR count). The number of rotatable bonds is 8. The number of benzene rings is 10. The van der Waals surface area contributed by atoms with E-state index in [0.29, 0.717) is 0 Å². The van der Waals surface area contributed by atoms with Gasteiger partial charge in [-0.3, -0.25) is 0 Å².